The maximum absolute atomic E-state index is 13.3. The first-order chi connectivity index (χ1) is 63.7. The van der Waals surface area contributed by atoms with Crippen LogP contribution in [-0.4, -0.2) is 136 Å². The number of halogens is 1. The molecule has 9 aliphatic rings. The van der Waals surface area contributed by atoms with Crippen molar-refractivity contribution in [3.63, 3.8) is 0 Å². The van der Waals surface area contributed by atoms with Crippen molar-refractivity contribution < 1.29 is 84.4 Å². The number of nitrogens with one attached hydrogen (secondary N) is 4. The van der Waals surface area contributed by atoms with Crippen LogP contribution in [0, 0.1) is 39.0 Å². The van der Waals surface area contributed by atoms with Gasteiger partial charge in [0.2, 0.25) is 0 Å². The molecule has 8 aromatic carbocycles. The largest absolute Gasteiger partial charge is 0.493 e. The molecule has 718 valence electrons. The van der Waals surface area contributed by atoms with Gasteiger partial charge < -0.3 is 78.5 Å². The first kappa shape index (κ1) is 99.7. The molecule has 9 aliphatic heterocycles. The highest BCUT2D eigenvalue weighted by Crippen LogP contribution is 2.54. The van der Waals surface area contributed by atoms with E-state index in [4.69, 9.17) is 62.6 Å². The maximum atomic E-state index is 13.3. The van der Waals surface area contributed by atoms with E-state index >= 15 is 0 Å². The molecule has 0 aromatic heterocycles. The Morgan fingerprint density at radius 2 is 0.754 bits per heavy atom. The Kier molecular flexibility index (Phi) is 30.8. The number of anilines is 4. The molecule has 0 aliphatic carbocycles. The Morgan fingerprint density at radius 3 is 1.11 bits per heavy atom. The lowest BCUT2D eigenvalue weighted by Crippen LogP contribution is -2.48. The van der Waals surface area contributed by atoms with Crippen LogP contribution in [0.5, 0.6) is 23.0 Å². The quantitative estimate of drug-likeness (QED) is 0.0418. The summed E-state index contributed by atoms with van der Waals surface area (Å²) in [5.41, 5.74) is 34.1. The number of aryl methyl sites for hydroxylation is 4. The van der Waals surface area contributed by atoms with Crippen LogP contribution in [0.25, 0.3) is 44.5 Å². The predicted octanol–water partition coefficient (Wildman–Crippen LogP) is 20.3. The number of methoxy groups -OCH3 is 4. The number of fused-ring (bicyclic) bond motifs is 7. The number of nitrogens with zero attached hydrogens (tertiary/aromatic N) is 2. The van der Waals surface area contributed by atoms with E-state index in [0.717, 1.165) is 302 Å². The number of nitrogens with two attached hydrogens (primary N) is 1. The third kappa shape index (κ3) is 21.3. The minimum Gasteiger partial charge on any atom is -0.493 e. The number of benzene rings is 8. The van der Waals surface area contributed by atoms with E-state index in [1.165, 1.54) is 43.9 Å². The van der Waals surface area contributed by atoms with Crippen LogP contribution in [-0.2, 0) is 132 Å². The molecule has 8 aromatic rings. The normalized spacial score (nSPS) is 16.9. The molecule has 0 spiro atoms. The minimum atomic E-state index is -3.66. The average molecular weight is 1920 g/mol. The summed E-state index contributed by atoms with van der Waals surface area (Å²) in [5, 5.41) is 20.6. The van der Waals surface area contributed by atoms with Crippen molar-refractivity contribution >= 4 is 72.8 Å². The summed E-state index contributed by atoms with van der Waals surface area (Å²) in [5.74, 6) is 1.97. The first-order valence-corrected chi connectivity index (χ1v) is 49.5. The van der Waals surface area contributed by atoms with Gasteiger partial charge in [-0.25, -0.2) is 19.2 Å². The zero-order chi connectivity index (χ0) is 96.4. The molecular weight excluding hydrogens is 1780 g/mol. The summed E-state index contributed by atoms with van der Waals surface area (Å²) in [6.45, 7) is 38.0. The topological polar surface area (TPSA) is 314 Å². The van der Waals surface area contributed by atoms with Gasteiger partial charge in [-0.2, -0.15) is 18.4 Å². The van der Waals surface area contributed by atoms with Gasteiger partial charge in [-0.15, -0.1) is 0 Å². The molecule has 6 N–H and O–H groups in total. The van der Waals surface area contributed by atoms with Crippen LogP contribution in [0.4, 0.5) is 22.7 Å². The third-order valence-electron chi connectivity index (χ3n) is 25.9. The molecule has 4 unspecified atom stereocenters. The molecule has 0 bridgehead atoms. The molecule has 0 saturated heterocycles. The average Bonchev–Trinajstić information content (AvgIpc) is 0.718. The Bertz CT molecular complexity index is 5990. The number of carbonyl (C=O) groups excluding carboxylic acids is 4. The summed E-state index contributed by atoms with van der Waals surface area (Å²) in [6.07, 6.45) is 10.9. The van der Waals surface area contributed by atoms with Crippen molar-refractivity contribution in [3.8, 4) is 73.6 Å². The van der Waals surface area contributed by atoms with E-state index in [0.29, 0.717) is 49.4 Å². The number of hydrogen-bond donors (Lipinski definition) is 5. The highest BCUT2D eigenvalue weighted by Gasteiger charge is 2.45. The molecule has 0 radical (unpaired) electrons. The number of nitriles is 1. The first-order valence-electron chi connectivity index (χ1n) is 47.3. The van der Waals surface area contributed by atoms with Crippen LogP contribution < -0.4 is 49.7 Å². The molecule has 4 atom stereocenters. The van der Waals surface area contributed by atoms with Crippen LogP contribution >= 0.6 is 15.9 Å². The van der Waals surface area contributed by atoms with E-state index in [2.05, 4.69) is 99.0 Å². The molecule has 17 rings (SSSR count). The molecule has 27 heteroatoms. The Morgan fingerprint density at radius 1 is 0.433 bits per heavy atom. The summed E-state index contributed by atoms with van der Waals surface area (Å²) in [4.78, 5) is 52.6. The van der Waals surface area contributed by atoms with Crippen LogP contribution in [0.1, 0.15) is 265 Å². The lowest BCUT2D eigenvalue weighted by atomic mass is 9.81. The molecular formula is C107H134BrN7O18S. The van der Waals surface area contributed by atoms with E-state index in [1.807, 2.05) is 127 Å². The number of carbonyl (C=O) groups is 4. The summed E-state index contributed by atoms with van der Waals surface area (Å²) < 4.78 is 101. The Hall–Kier alpha value is -10.3. The number of esters is 4. The highest BCUT2D eigenvalue weighted by atomic mass is 79.9. The minimum absolute atomic E-state index is 0.206. The van der Waals surface area contributed by atoms with Crippen molar-refractivity contribution in [2.45, 2.75) is 273 Å². The molecule has 134 heavy (non-hydrogen) atoms. The summed E-state index contributed by atoms with van der Waals surface area (Å²) in [6, 6.07) is 27.4. The number of hydrogen-bond acceptors (Lipinski definition) is 23. The second-order valence-electron chi connectivity index (χ2n) is 39.7. The van der Waals surface area contributed by atoms with Gasteiger partial charge in [0, 0.05) is 71.7 Å². The van der Waals surface area contributed by atoms with Gasteiger partial charge >= 0.3 is 34.1 Å². The van der Waals surface area contributed by atoms with Crippen molar-refractivity contribution in [3.05, 3.63) is 183 Å². The van der Waals surface area contributed by atoms with Gasteiger partial charge in [0.05, 0.1) is 99.9 Å². The molecule has 9 heterocycles. The Balaban J connectivity index is 0.000000143. The van der Waals surface area contributed by atoms with E-state index in [-0.39, 0.29) is 18.5 Å². The second kappa shape index (κ2) is 41.3. The monoisotopic (exact) mass is 1920 g/mol. The van der Waals surface area contributed by atoms with Crippen molar-refractivity contribution in [1.29, 1.82) is 5.26 Å². The van der Waals surface area contributed by atoms with Gasteiger partial charge in [0.15, 0.2) is 24.4 Å². The van der Waals surface area contributed by atoms with Gasteiger partial charge in [-0.1, -0.05) is 24.3 Å². The zero-order valence-corrected chi connectivity index (χ0v) is 84.1. The molecule has 0 amide bonds. The van der Waals surface area contributed by atoms with Crippen molar-refractivity contribution in [2.75, 3.05) is 101 Å². The summed E-state index contributed by atoms with van der Waals surface area (Å²) >= 11 is 3.84. The fourth-order valence-corrected chi connectivity index (χ4v) is 22.2. The zero-order valence-electron chi connectivity index (χ0n) is 81.7. The maximum Gasteiger partial charge on any atom is 0.339 e. The number of rotatable bonds is 17. The molecule has 25 nitrogen and oxygen atoms in total. The van der Waals surface area contributed by atoms with Gasteiger partial charge in [0.1, 0.15) is 29.1 Å². The summed E-state index contributed by atoms with van der Waals surface area (Å²) in [7, 11) is 1.93. The van der Waals surface area contributed by atoms with Crippen molar-refractivity contribution in [1.82, 2.24) is 4.72 Å². The lowest BCUT2D eigenvalue weighted by molar-refractivity contribution is -0.164. The number of ether oxygens (including phenoxy) is 12. The fraction of sp³-hybridized carbons (Fsp3) is 0.505. The second-order valence-corrected chi connectivity index (χ2v) is 42.2. The van der Waals surface area contributed by atoms with Gasteiger partial charge in [0.25, 0.3) is 0 Å². The predicted molar refractivity (Wildman–Crippen MR) is 526 cm³/mol. The van der Waals surface area contributed by atoms with Crippen molar-refractivity contribution in [2.24, 2.45) is 5.73 Å². The SMILES string of the molecule is COC(=O)C(OC(C)(C)C)c1c2c(c(Br)c(C)c1-c1ccc3c(c1)CCCO3)NCCC2.COC(=O)C(OC(C)(C)C)c1c2c(c(C#N)c(C)c1-c1ccc3c(c1)CCCO3)NCCC2.COC(=O)C(OC(C)(C)C)c1c2c(c(CN)c(C)c1-c1ccc3c(c1)CCCO3)NCCC2.COC(=O)C(OC(C)(C)C)c1c2c3c(c(C)c1-c1ccc4c(c1)CCCO4)CNS(=O)(=O)N3CCC2. The smallest absolute Gasteiger partial charge is 0.339 e. The van der Waals surface area contributed by atoms with E-state index in [9.17, 15) is 32.9 Å². The standard InChI is InChI=1S/C27H34N2O6S.C27H36N2O4.C27H32N2O4.C26H32BrNO4/c1-16-20-15-28-36(31,32)29-12-6-9-19(24(20)29)23(25(26(30)33-5)35-27(2,3)4)22(16)18-10-11-21-17(14-18)8-7-13-34-21;2*1-16-20(15-28)24-19(9-6-12-29-24)23(25(26(30)31-5)33-27(2,3)4)22(16)18-10-11-21-17(14-18)8-7-13-32-21;1-15-20(17-10-11-19-16(14-17)8-7-13-31-19)21(18-9-6-12-28-23(18)22(15)27)24(25(29)30-5)32-26(2,3)4/h10-11,14,25,28H,6-9,12-13,15H2,1-5H3;10-11,14,25,29H,6-9,12-13,15,28H2,1-5H3;10-11,14,25,29H,6-9,12-13H2,1-5H3;10-11,14,24,28H,6-9,12-13H2,1-5H3. The van der Waals surface area contributed by atoms with Crippen LogP contribution in [0.2, 0.25) is 0 Å². The lowest BCUT2D eigenvalue weighted by Gasteiger charge is -2.40. The van der Waals surface area contributed by atoms with Crippen LogP contribution in [0.3, 0.4) is 0 Å². The fourth-order valence-electron chi connectivity index (χ4n) is 20.3. The highest BCUT2D eigenvalue weighted by molar-refractivity contribution is 9.10. The molecule has 0 fully saturated rings. The van der Waals surface area contributed by atoms with Gasteiger partial charge in [-0.3, -0.25) is 4.31 Å². The van der Waals surface area contributed by atoms with E-state index in [1.54, 1.807) is 0 Å². The third-order valence-corrected chi connectivity index (χ3v) is 28.4. The van der Waals surface area contributed by atoms with Gasteiger partial charge in [-0.05, 0) is 400 Å². The Labute approximate surface area is 799 Å². The molecule has 0 saturated carbocycles. The van der Waals surface area contributed by atoms with Crippen LogP contribution in [0.15, 0.2) is 77.3 Å². The van der Waals surface area contributed by atoms with E-state index < -0.39 is 69.0 Å².